The molecule has 0 radical (unpaired) electrons. The lowest BCUT2D eigenvalue weighted by Gasteiger charge is -2.40. The van der Waals surface area contributed by atoms with Gasteiger partial charge in [-0.05, 0) is 25.8 Å². The van der Waals surface area contributed by atoms with Crippen LogP contribution < -0.4 is 10.5 Å². The van der Waals surface area contributed by atoms with Gasteiger partial charge in [-0.2, -0.15) is 0 Å². The first-order chi connectivity index (χ1) is 8.69. The molecule has 0 saturated carbocycles. The van der Waals surface area contributed by atoms with E-state index in [1.807, 2.05) is 0 Å². The molecule has 2 aliphatic heterocycles. The highest BCUT2D eigenvalue weighted by Gasteiger charge is 2.40. The van der Waals surface area contributed by atoms with Crippen molar-refractivity contribution in [2.24, 2.45) is 5.73 Å². The zero-order valence-corrected chi connectivity index (χ0v) is 10.9. The summed E-state index contributed by atoms with van der Waals surface area (Å²) in [6.45, 7) is 3.73. The van der Waals surface area contributed by atoms with Gasteiger partial charge in [0.25, 0.3) is 0 Å². The van der Waals surface area contributed by atoms with Crippen molar-refractivity contribution in [2.75, 3.05) is 13.2 Å². The lowest BCUT2D eigenvalue weighted by molar-refractivity contribution is 0.0155. The Bertz CT molecular complexity index is 436. The van der Waals surface area contributed by atoms with E-state index in [9.17, 15) is 0 Å². The summed E-state index contributed by atoms with van der Waals surface area (Å²) in [6.07, 6.45) is 3.97. The fraction of sp³-hybridized carbons (Fsp3) is 0.600. The number of ether oxygens (including phenoxy) is 2. The predicted molar refractivity (Wildman–Crippen MR) is 70.8 cm³/mol. The second kappa shape index (κ2) is 4.56. The summed E-state index contributed by atoms with van der Waals surface area (Å²) in [4.78, 5) is 0. The minimum atomic E-state index is -0.0990. The normalized spacial score (nSPS) is 31.6. The van der Waals surface area contributed by atoms with Gasteiger partial charge in [-0.1, -0.05) is 17.7 Å². The molecule has 3 nitrogen and oxygen atoms in total. The molecule has 1 unspecified atom stereocenters. The van der Waals surface area contributed by atoms with Gasteiger partial charge in [0.05, 0.1) is 6.61 Å². The average Bonchev–Trinajstić information content (AvgIpc) is 2.56. The molecule has 3 heteroatoms. The number of fused-ring (bicyclic) bond motifs is 1. The maximum Gasteiger partial charge on any atom is 0.124 e. The molecule has 3 rings (SSSR count). The second-order valence-corrected chi connectivity index (χ2v) is 5.60. The molecule has 2 atom stereocenters. The molecule has 18 heavy (non-hydrogen) atoms. The topological polar surface area (TPSA) is 44.5 Å². The molecular weight excluding hydrogens is 226 g/mol. The number of aryl methyl sites for hydroxylation is 1. The van der Waals surface area contributed by atoms with E-state index in [0.717, 1.165) is 50.2 Å². The summed E-state index contributed by atoms with van der Waals surface area (Å²) in [5, 5.41) is 0. The van der Waals surface area contributed by atoms with E-state index in [1.54, 1.807) is 0 Å². The van der Waals surface area contributed by atoms with E-state index in [0.29, 0.717) is 0 Å². The third-order valence-electron chi connectivity index (χ3n) is 4.11. The molecule has 1 aromatic rings. The van der Waals surface area contributed by atoms with Crippen molar-refractivity contribution in [1.29, 1.82) is 0 Å². The summed E-state index contributed by atoms with van der Waals surface area (Å²) < 4.78 is 11.8. The van der Waals surface area contributed by atoms with Crippen LogP contribution in [0, 0.1) is 6.92 Å². The minimum Gasteiger partial charge on any atom is -0.487 e. The Morgan fingerprint density at radius 3 is 3.06 bits per heavy atom. The van der Waals surface area contributed by atoms with Crippen molar-refractivity contribution < 1.29 is 9.47 Å². The molecule has 0 aromatic heterocycles. The first kappa shape index (κ1) is 12.0. The quantitative estimate of drug-likeness (QED) is 0.766. The van der Waals surface area contributed by atoms with E-state index in [1.165, 1.54) is 5.56 Å². The Kier molecular flexibility index (Phi) is 3.04. The van der Waals surface area contributed by atoms with E-state index in [2.05, 4.69) is 25.1 Å². The number of rotatable bonds is 0. The van der Waals surface area contributed by atoms with Crippen LogP contribution in [0.15, 0.2) is 18.2 Å². The van der Waals surface area contributed by atoms with Crippen LogP contribution in [0.2, 0.25) is 0 Å². The number of nitrogens with two attached hydrogens (primary N) is 1. The van der Waals surface area contributed by atoms with E-state index < -0.39 is 0 Å². The molecule has 0 aliphatic carbocycles. The summed E-state index contributed by atoms with van der Waals surface area (Å²) >= 11 is 0. The molecule has 2 N–H and O–H groups in total. The minimum absolute atomic E-state index is 0.0896. The monoisotopic (exact) mass is 247 g/mol. The molecule has 0 bridgehead atoms. The highest BCUT2D eigenvalue weighted by atomic mass is 16.5. The highest BCUT2D eigenvalue weighted by Crippen LogP contribution is 2.43. The van der Waals surface area contributed by atoms with Crippen LogP contribution in [-0.4, -0.2) is 18.8 Å². The van der Waals surface area contributed by atoms with E-state index in [4.69, 9.17) is 15.2 Å². The number of benzene rings is 1. The lowest BCUT2D eigenvalue weighted by atomic mass is 9.82. The van der Waals surface area contributed by atoms with Gasteiger partial charge in [0, 0.05) is 31.1 Å². The number of hydrogen-bond donors (Lipinski definition) is 1. The van der Waals surface area contributed by atoms with Gasteiger partial charge in [0.1, 0.15) is 11.4 Å². The number of hydrogen-bond acceptors (Lipinski definition) is 3. The zero-order chi connectivity index (χ0) is 12.6. The largest absolute Gasteiger partial charge is 0.487 e. The van der Waals surface area contributed by atoms with E-state index in [-0.39, 0.29) is 11.6 Å². The second-order valence-electron chi connectivity index (χ2n) is 5.60. The Morgan fingerprint density at radius 1 is 1.28 bits per heavy atom. The predicted octanol–water partition coefficient (Wildman–Crippen LogP) is 2.72. The van der Waals surface area contributed by atoms with E-state index >= 15 is 0 Å². The summed E-state index contributed by atoms with van der Waals surface area (Å²) in [6, 6.07) is 6.40. The summed E-state index contributed by atoms with van der Waals surface area (Å²) in [5.74, 6) is 0.973. The van der Waals surface area contributed by atoms with Crippen molar-refractivity contribution in [1.82, 2.24) is 0 Å². The van der Waals surface area contributed by atoms with Gasteiger partial charge < -0.3 is 15.2 Å². The first-order valence-electron chi connectivity index (χ1n) is 6.81. The molecule has 1 fully saturated rings. The third-order valence-corrected chi connectivity index (χ3v) is 4.11. The van der Waals surface area contributed by atoms with Crippen molar-refractivity contribution in [3.63, 3.8) is 0 Å². The molecular formula is C15H21NO2. The van der Waals surface area contributed by atoms with Gasteiger partial charge in [0.15, 0.2) is 0 Å². The van der Waals surface area contributed by atoms with Gasteiger partial charge >= 0.3 is 0 Å². The lowest BCUT2D eigenvalue weighted by Crippen LogP contribution is -2.43. The molecule has 2 heterocycles. The highest BCUT2D eigenvalue weighted by molar-refractivity contribution is 5.41. The van der Waals surface area contributed by atoms with Crippen LogP contribution >= 0.6 is 0 Å². The molecule has 98 valence electrons. The van der Waals surface area contributed by atoms with Gasteiger partial charge in [-0.25, -0.2) is 0 Å². The van der Waals surface area contributed by atoms with Crippen LogP contribution in [0.1, 0.15) is 42.9 Å². The van der Waals surface area contributed by atoms with Crippen LogP contribution in [0.3, 0.4) is 0 Å². The van der Waals surface area contributed by atoms with Gasteiger partial charge in [0.2, 0.25) is 0 Å². The first-order valence-corrected chi connectivity index (χ1v) is 6.81. The average molecular weight is 247 g/mol. The summed E-state index contributed by atoms with van der Waals surface area (Å²) in [7, 11) is 0. The molecule has 1 spiro atoms. The maximum atomic E-state index is 6.35. The Hall–Kier alpha value is -1.06. The molecule has 1 aromatic carbocycles. The summed E-state index contributed by atoms with van der Waals surface area (Å²) in [5.41, 5.74) is 8.65. The Balaban J connectivity index is 1.92. The molecule has 2 aliphatic rings. The van der Waals surface area contributed by atoms with Crippen molar-refractivity contribution in [2.45, 2.75) is 44.2 Å². The van der Waals surface area contributed by atoms with Crippen molar-refractivity contribution in [3.8, 4) is 5.75 Å². The molecule has 0 amide bonds. The van der Waals surface area contributed by atoms with Crippen molar-refractivity contribution >= 4 is 0 Å². The fourth-order valence-corrected chi connectivity index (χ4v) is 3.12. The third kappa shape index (κ3) is 2.13. The SMILES string of the molecule is Cc1ccc2c(c1)[C@H](N)CC1(CCCOCC1)O2. The zero-order valence-electron chi connectivity index (χ0n) is 10.9. The Labute approximate surface area is 108 Å². The fourth-order valence-electron chi connectivity index (χ4n) is 3.12. The smallest absolute Gasteiger partial charge is 0.124 e. The van der Waals surface area contributed by atoms with Crippen LogP contribution in [0.4, 0.5) is 0 Å². The molecule has 1 saturated heterocycles. The van der Waals surface area contributed by atoms with Crippen LogP contribution in [0.5, 0.6) is 5.75 Å². The Morgan fingerprint density at radius 2 is 2.17 bits per heavy atom. The van der Waals surface area contributed by atoms with Gasteiger partial charge in [-0.15, -0.1) is 0 Å². The standard InChI is InChI=1S/C15H21NO2/c1-11-3-4-14-12(9-11)13(16)10-15(18-14)5-2-7-17-8-6-15/h3-4,9,13H,2,5-8,10,16H2,1H3/t13-,15?/m1/s1. The van der Waals surface area contributed by atoms with Gasteiger partial charge in [-0.3, -0.25) is 0 Å². The van der Waals surface area contributed by atoms with Crippen molar-refractivity contribution in [3.05, 3.63) is 29.3 Å². The van der Waals surface area contributed by atoms with Crippen LogP contribution in [0.25, 0.3) is 0 Å². The van der Waals surface area contributed by atoms with Crippen LogP contribution in [-0.2, 0) is 4.74 Å². The maximum absolute atomic E-state index is 6.35.